The molecule has 1 unspecified atom stereocenters. The molecule has 1 rings (SSSR count). The molecule has 0 bridgehead atoms. The highest BCUT2D eigenvalue weighted by atomic mass is 16.5. The van der Waals surface area contributed by atoms with E-state index < -0.39 is 0 Å². The maximum Gasteiger partial charge on any atom is 0.119 e. The van der Waals surface area contributed by atoms with Crippen molar-refractivity contribution >= 4 is 0 Å². The van der Waals surface area contributed by atoms with Crippen molar-refractivity contribution in [3.63, 3.8) is 0 Å². The van der Waals surface area contributed by atoms with Crippen LogP contribution in [0.25, 0.3) is 0 Å². The molecule has 0 saturated carbocycles. The van der Waals surface area contributed by atoms with Crippen LogP contribution in [-0.2, 0) is 11.3 Å². The van der Waals surface area contributed by atoms with Crippen molar-refractivity contribution in [1.82, 2.24) is 5.32 Å². The first-order valence-corrected chi connectivity index (χ1v) is 6.20. The van der Waals surface area contributed by atoms with E-state index in [9.17, 15) is 0 Å². The quantitative estimate of drug-likeness (QED) is 0.754. The molecule has 0 heterocycles. The molecular weight excluding hydrogens is 214 g/mol. The zero-order chi connectivity index (χ0) is 12.5. The zero-order valence-electron chi connectivity index (χ0n) is 11.0. The number of methoxy groups -OCH3 is 1. The number of nitrogens with one attached hydrogen (secondary N) is 1. The van der Waals surface area contributed by atoms with Gasteiger partial charge in [-0.25, -0.2) is 0 Å². The summed E-state index contributed by atoms with van der Waals surface area (Å²) in [6.07, 6.45) is 1.04. The molecule has 0 fully saturated rings. The number of ether oxygens (including phenoxy) is 2. The van der Waals surface area contributed by atoms with Gasteiger partial charge in [-0.3, -0.25) is 0 Å². The normalized spacial score (nSPS) is 12.4. The third-order valence-corrected chi connectivity index (χ3v) is 2.64. The molecule has 1 N–H and O–H groups in total. The molecule has 0 spiro atoms. The van der Waals surface area contributed by atoms with Crippen LogP contribution in [0.15, 0.2) is 24.3 Å². The monoisotopic (exact) mass is 237 g/mol. The van der Waals surface area contributed by atoms with Gasteiger partial charge in [-0.05, 0) is 38.0 Å². The number of hydrogen-bond acceptors (Lipinski definition) is 3. The lowest BCUT2D eigenvalue weighted by Gasteiger charge is -2.13. The predicted octanol–water partition coefficient (Wildman–Crippen LogP) is 2.60. The minimum Gasteiger partial charge on any atom is -0.494 e. The molecule has 96 valence electrons. The van der Waals surface area contributed by atoms with Crippen molar-refractivity contribution in [2.75, 3.05) is 20.3 Å². The van der Waals surface area contributed by atoms with Crippen LogP contribution in [0.3, 0.4) is 0 Å². The van der Waals surface area contributed by atoms with Gasteiger partial charge in [-0.1, -0.05) is 12.1 Å². The first kappa shape index (κ1) is 14.0. The lowest BCUT2D eigenvalue weighted by Crippen LogP contribution is -2.26. The van der Waals surface area contributed by atoms with Crippen molar-refractivity contribution < 1.29 is 9.47 Å². The molecule has 0 radical (unpaired) electrons. The van der Waals surface area contributed by atoms with Crippen molar-refractivity contribution in [1.29, 1.82) is 0 Å². The second-order valence-electron chi connectivity index (χ2n) is 4.14. The highest BCUT2D eigenvalue weighted by molar-refractivity contribution is 5.27. The van der Waals surface area contributed by atoms with Crippen LogP contribution in [0.2, 0.25) is 0 Å². The fourth-order valence-electron chi connectivity index (χ4n) is 1.56. The summed E-state index contributed by atoms with van der Waals surface area (Å²) in [6, 6.07) is 8.70. The Morgan fingerprint density at radius 2 is 1.94 bits per heavy atom. The minimum atomic E-state index is 0.474. The fraction of sp³-hybridized carbons (Fsp3) is 0.571. The van der Waals surface area contributed by atoms with Crippen molar-refractivity contribution in [3.8, 4) is 5.75 Å². The maximum absolute atomic E-state index is 5.40. The smallest absolute Gasteiger partial charge is 0.119 e. The lowest BCUT2D eigenvalue weighted by atomic mass is 10.2. The van der Waals surface area contributed by atoms with E-state index in [4.69, 9.17) is 9.47 Å². The molecule has 0 aliphatic rings. The Hall–Kier alpha value is -1.06. The first-order chi connectivity index (χ1) is 8.26. The summed E-state index contributed by atoms with van der Waals surface area (Å²) in [7, 11) is 1.74. The van der Waals surface area contributed by atoms with Gasteiger partial charge >= 0.3 is 0 Å². The summed E-state index contributed by atoms with van der Waals surface area (Å²) in [5, 5.41) is 3.46. The van der Waals surface area contributed by atoms with Gasteiger partial charge in [-0.15, -0.1) is 0 Å². The Morgan fingerprint density at radius 3 is 2.53 bits per heavy atom. The molecule has 1 atom stereocenters. The second kappa shape index (κ2) is 8.09. The van der Waals surface area contributed by atoms with E-state index in [0.29, 0.717) is 12.6 Å². The zero-order valence-corrected chi connectivity index (χ0v) is 11.0. The molecule has 1 aromatic rings. The standard InChI is InChI=1S/C14H23NO2/c1-4-17-14-7-5-13(6-8-14)11-15-12(2)9-10-16-3/h5-8,12,15H,4,9-11H2,1-3H3. The van der Waals surface area contributed by atoms with E-state index in [-0.39, 0.29) is 0 Å². The molecule has 3 heteroatoms. The van der Waals surface area contributed by atoms with E-state index in [1.165, 1.54) is 5.56 Å². The first-order valence-electron chi connectivity index (χ1n) is 6.20. The van der Waals surface area contributed by atoms with E-state index in [0.717, 1.165) is 25.3 Å². The van der Waals surface area contributed by atoms with Gasteiger partial charge in [0, 0.05) is 26.3 Å². The van der Waals surface area contributed by atoms with Crippen molar-refractivity contribution in [3.05, 3.63) is 29.8 Å². The van der Waals surface area contributed by atoms with Crippen LogP contribution in [0.5, 0.6) is 5.75 Å². The van der Waals surface area contributed by atoms with Gasteiger partial charge < -0.3 is 14.8 Å². The maximum atomic E-state index is 5.40. The summed E-state index contributed by atoms with van der Waals surface area (Å²) in [6.45, 7) is 6.57. The number of hydrogen-bond donors (Lipinski definition) is 1. The van der Waals surface area contributed by atoms with Gasteiger partial charge in [0.05, 0.1) is 6.61 Å². The van der Waals surface area contributed by atoms with E-state index in [1.54, 1.807) is 7.11 Å². The molecule has 1 aromatic carbocycles. The van der Waals surface area contributed by atoms with Crippen molar-refractivity contribution in [2.45, 2.75) is 32.9 Å². The van der Waals surface area contributed by atoms with Crippen LogP contribution < -0.4 is 10.1 Å². The summed E-state index contributed by atoms with van der Waals surface area (Å²) >= 11 is 0. The Bertz CT molecular complexity index is 298. The van der Waals surface area contributed by atoms with Crippen molar-refractivity contribution in [2.24, 2.45) is 0 Å². The molecule has 0 aliphatic heterocycles. The lowest BCUT2D eigenvalue weighted by molar-refractivity contribution is 0.184. The Balaban J connectivity index is 2.31. The van der Waals surface area contributed by atoms with Crippen LogP contribution in [-0.4, -0.2) is 26.4 Å². The van der Waals surface area contributed by atoms with Gasteiger partial charge in [0.15, 0.2) is 0 Å². The molecule has 0 aromatic heterocycles. The van der Waals surface area contributed by atoms with Crippen LogP contribution in [0, 0.1) is 0 Å². The number of rotatable bonds is 8. The number of benzene rings is 1. The summed E-state index contributed by atoms with van der Waals surface area (Å²) in [5.74, 6) is 0.934. The van der Waals surface area contributed by atoms with Gasteiger partial charge in [-0.2, -0.15) is 0 Å². The van der Waals surface area contributed by atoms with Gasteiger partial charge in [0.1, 0.15) is 5.75 Å². The van der Waals surface area contributed by atoms with Gasteiger partial charge in [0.2, 0.25) is 0 Å². The fourth-order valence-corrected chi connectivity index (χ4v) is 1.56. The van der Waals surface area contributed by atoms with E-state index in [1.807, 2.05) is 19.1 Å². The molecule has 17 heavy (non-hydrogen) atoms. The molecule has 0 amide bonds. The van der Waals surface area contributed by atoms with E-state index in [2.05, 4.69) is 24.4 Å². The van der Waals surface area contributed by atoms with Crippen LogP contribution in [0.4, 0.5) is 0 Å². The Labute approximate surface area is 104 Å². The molecule has 0 aliphatic carbocycles. The SMILES string of the molecule is CCOc1ccc(CNC(C)CCOC)cc1. The third-order valence-electron chi connectivity index (χ3n) is 2.64. The topological polar surface area (TPSA) is 30.5 Å². The molecule has 3 nitrogen and oxygen atoms in total. The second-order valence-corrected chi connectivity index (χ2v) is 4.14. The predicted molar refractivity (Wildman–Crippen MR) is 70.4 cm³/mol. The summed E-state index contributed by atoms with van der Waals surface area (Å²) in [4.78, 5) is 0. The van der Waals surface area contributed by atoms with E-state index >= 15 is 0 Å². The minimum absolute atomic E-state index is 0.474. The Kier molecular flexibility index (Phi) is 6.67. The third kappa shape index (κ3) is 5.71. The average molecular weight is 237 g/mol. The Morgan fingerprint density at radius 1 is 1.24 bits per heavy atom. The largest absolute Gasteiger partial charge is 0.494 e. The van der Waals surface area contributed by atoms with Gasteiger partial charge in [0.25, 0.3) is 0 Å². The average Bonchev–Trinajstić information content (AvgIpc) is 2.36. The highest BCUT2D eigenvalue weighted by Gasteiger charge is 2.01. The molecule has 0 saturated heterocycles. The summed E-state index contributed by atoms with van der Waals surface area (Å²) < 4.78 is 10.5. The van der Waals surface area contributed by atoms with Crippen LogP contribution >= 0.6 is 0 Å². The highest BCUT2D eigenvalue weighted by Crippen LogP contribution is 2.12. The summed E-state index contributed by atoms with van der Waals surface area (Å²) in [5.41, 5.74) is 1.28. The molecular formula is C14H23NO2. The van der Waals surface area contributed by atoms with Crippen LogP contribution in [0.1, 0.15) is 25.8 Å².